The number of aryl methyl sites for hydroxylation is 1. The topological polar surface area (TPSA) is 72.0 Å². The number of nitrogens with one attached hydrogen (secondary N) is 1. The van der Waals surface area contributed by atoms with Gasteiger partial charge < -0.3 is 5.32 Å². The lowest BCUT2D eigenvalue weighted by atomic mass is 10.1. The second kappa shape index (κ2) is 7.13. The largest absolute Gasteiger partial charge is 0.345 e. The van der Waals surface area contributed by atoms with Gasteiger partial charge in [-0.05, 0) is 29.7 Å². The van der Waals surface area contributed by atoms with Gasteiger partial charge in [-0.2, -0.15) is 0 Å². The van der Waals surface area contributed by atoms with Crippen LogP contribution in [0.5, 0.6) is 0 Å². The van der Waals surface area contributed by atoms with Crippen molar-refractivity contribution in [2.75, 3.05) is 0 Å². The van der Waals surface area contributed by atoms with Crippen molar-refractivity contribution < 1.29 is 9.59 Å². The molecule has 20 heavy (non-hydrogen) atoms. The third-order valence-electron chi connectivity index (χ3n) is 2.79. The van der Waals surface area contributed by atoms with Crippen LogP contribution in [0.4, 0.5) is 0 Å². The van der Waals surface area contributed by atoms with Crippen molar-refractivity contribution in [3.8, 4) is 0 Å². The average Bonchev–Trinajstić information content (AvgIpc) is 2.52. The van der Waals surface area contributed by atoms with E-state index in [1.165, 1.54) is 0 Å². The lowest BCUT2D eigenvalue weighted by Gasteiger charge is -2.04. The van der Waals surface area contributed by atoms with Crippen LogP contribution in [0.25, 0.3) is 0 Å². The van der Waals surface area contributed by atoms with Gasteiger partial charge in [0.15, 0.2) is 0 Å². The van der Waals surface area contributed by atoms with E-state index in [0.29, 0.717) is 13.0 Å². The van der Waals surface area contributed by atoms with Gasteiger partial charge in [-0.1, -0.05) is 12.1 Å². The Kier molecular flexibility index (Phi) is 4.94. The zero-order valence-corrected chi connectivity index (χ0v) is 11.0. The maximum Gasteiger partial charge on any atom is 0.287 e. The molecule has 0 spiro atoms. The molecule has 0 saturated carbocycles. The average molecular weight is 269 g/mol. The number of carbonyl (C=O) groups is 2. The van der Waals surface area contributed by atoms with Crippen LogP contribution in [0.2, 0.25) is 0 Å². The van der Waals surface area contributed by atoms with Gasteiger partial charge in [-0.3, -0.25) is 19.6 Å². The molecule has 102 valence electrons. The van der Waals surface area contributed by atoms with Gasteiger partial charge in [0.05, 0.1) is 0 Å². The summed E-state index contributed by atoms with van der Waals surface area (Å²) in [6, 6.07) is 7.31. The van der Waals surface area contributed by atoms with E-state index in [0.717, 1.165) is 11.1 Å². The van der Waals surface area contributed by atoms with Crippen LogP contribution >= 0.6 is 0 Å². The number of aromatic nitrogens is 2. The van der Waals surface area contributed by atoms with Crippen molar-refractivity contribution in [2.24, 2.45) is 0 Å². The monoisotopic (exact) mass is 269 g/mol. The number of carbonyl (C=O) groups excluding carboxylic acids is 2. The van der Waals surface area contributed by atoms with Crippen LogP contribution in [-0.2, 0) is 22.6 Å². The standard InChI is InChI=1S/C15H15N3O2/c19-14(6-5-12-3-1-7-16-9-12)15(20)18-11-13-4-2-8-17-10-13/h1-4,7-10H,5-6,11H2,(H,18,20). The number of nitrogens with zero attached hydrogens (tertiary/aromatic N) is 2. The Labute approximate surface area is 117 Å². The lowest BCUT2D eigenvalue weighted by molar-refractivity contribution is -0.138. The van der Waals surface area contributed by atoms with Gasteiger partial charge in [0.1, 0.15) is 0 Å². The molecule has 0 bridgehead atoms. The van der Waals surface area contributed by atoms with E-state index < -0.39 is 11.7 Å². The SMILES string of the molecule is O=C(CCc1cccnc1)C(=O)NCc1cccnc1. The summed E-state index contributed by atoms with van der Waals surface area (Å²) < 4.78 is 0. The van der Waals surface area contributed by atoms with Crippen LogP contribution < -0.4 is 5.32 Å². The molecule has 2 aromatic rings. The fourth-order valence-corrected chi connectivity index (χ4v) is 1.70. The summed E-state index contributed by atoms with van der Waals surface area (Å²) in [4.78, 5) is 31.2. The molecular weight excluding hydrogens is 254 g/mol. The molecule has 0 aliphatic rings. The lowest BCUT2D eigenvalue weighted by Crippen LogP contribution is -2.30. The Hall–Kier alpha value is -2.56. The van der Waals surface area contributed by atoms with Crippen molar-refractivity contribution in [3.63, 3.8) is 0 Å². The highest BCUT2D eigenvalue weighted by Gasteiger charge is 2.12. The summed E-state index contributed by atoms with van der Waals surface area (Å²) in [5, 5.41) is 2.59. The van der Waals surface area contributed by atoms with E-state index >= 15 is 0 Å². The van der Waals surface area contributed by atoms with Crippen LogP contribution in [-0.4, -0.2) is 21.7 Å². The fourth-order valence-electron chi connectivity index (χ4n) is 1.70. The molecular formula is C15H15N3O2. The second-order valence-corrected chi connectivity index (χ2v) is 4.33. The van der Waals surface area contributed by atoms with Gasteiger partial charge in [0.25, 0.3) is 5.91 Å². The van der Waals surface area contributed by atoms with Gasteiger partial charge in [-0.15, -0.1) is 0 Å². The van der Waals surface area contributed by atoms with Crippen LogP contribution in [0, 0.1) is 0 Å². The summed E-state index contributed by atoms with van der Waals surface area (Å²) in [6.07, 6.45) is 7.38. The molecule has 2 rings (SSSR count). The number of ketones is 1. The summed E-state index contributed by atoms with van der Waals surface area (Å²) in [5.74, 6) is -0.976. The number of amides is 1. The summed E-state index contributed by atoms with van der Waals surface area (Å²) >= 11 is 0. The van der Waals surface area contributed by atoms with Gasteiger partial charge in [-0.25, -0.2) is 0 Å². The molecule has 0 unspecified atom stereocenters. The Balaban J connectivity index is 1.76. The smallest absolute Gasteiger partial charge is 0.287 e. The minimum Gasteiger partial charge on any atom is -0.345 e. The molecule has 0 aliphatic heterocycles. The fraction of sp³-hybridized carbons (Fsp3) is 0.200. The predicted octanol–water partition coefficient (Wildman–Crippen LogP) is 1.29. The molecule has 0 atom stereocenters. The first-order valence-electron chi connectivity index (χ1n) is 6.34. The van der Waals surface area contributed by atoms with Crippen LogP contribution in [0.15, 0.2) is 49.1 Å². The molecule has 1 amide bonds. The van der Waals surface area contributed by atoms with Crippen molar-refractivity contribution >= 4 is 11.7 Å². The van der Waals surface area contributed by atoms with Gasteiger partial charge in [0, 0.05) is 37.8 Å². The highest BCUT2D eigenvalue weighted by Crippen LogP contribution is 2.01. The molecule has 0 fully saturated rings. The van der Waals surface area contributed by atoms with E-state index in [4.69, 9.17) is 0 Å². The number of hydrogen-bond acceptors (Lipinski definition) is 4. The Morgan fingerprint density at radius 2 is 1.65 bits per heavy atom. The Bertz CT molecular complexity index is 517. The summed E-state index contributed by atoms with van der Waals surface area (Å²) in [6.45, 7) is 0.311. The van der Waals surface area contributed by atoms with E-state index in [9.17, 15) is 9.59 Å². The maximum atomic E-state index is 11.7. The Morgan fingerprint density at radius 3 is 2.25 bits per heavy atom. The molecule has 0 saturated heterocycles. The van der Waals surface area contributed by atoms with Crippen molar-refractivity contribution in [1.29, 1.82) is 0 Å². The minimum atomic E-state index is -0.558. The second-order valence-electron chi connectivity index (χ2n) is 4.33. The zero-order chi connectivity index (χ0) is 14.2. The first-order chi connectivity index (χ1) is 9.75. The van der Waals surface area contributed by atoms with Crippen molar-refractivity contribution in [1.82, 2.24) is 15.3 Å². The number of Topliss-reactive ketones (excluding diaryl/α,β-unsaturated/α-hetero) is 1. The number of hydrogen-bond donors (Lipinski definition) is 1. The Morgan fingerprint density at radius 1 is 1.00 bits per heavy atom. The normalized spacial score (nSPS) is 10.0. The first kappa shape index (κ1) is 13.9. The molecule has 0 aromatic carbocycles. The van der Waals surface area contributed by atoms with E-state index in [-0.39, 0.29) is 6.42 Å². The minimum absolute atomic E-state index is 0.185. The predicted molar refractivity (Wildman–Crippen MR) is 73.6 cm³/mol. The molecule has 0 radical (unpaired) electrons. The summed E-state index contributed by atoms with van der Waals surface area (Å²) in [7, 11) is 0. The van der Waals surface area contributed by atoms with Crippen molar-refractivity contribution in [3.05, 3.63) is 60.2 Å². The van der Waals surface area contributed by atoms with E-state index in [2.05, 4.69) is 15.3 Å². The molecule has 2 heterocycles. The van der Waals surface area contributed by atoms with Crippen LogP contribution in [0.1, 0.15) is 17.5 Å². The van der Waals surface area contributed by atoms with Gasteiger partial charge >= 0.3 is 0 Å². The van der Waals surface area contributed by atoms with E-state index in [1.54, 1.807) is 30.9 Å². The molecule has 2 aromatic heterocycles. The summed E-state index contributed by atoms with van der Waals surface area (Å²) in [5.41, 5.74) is 1.81. The highest BCUT2D eigenvalue weighted by atomic mass is 16.2. The molecule has 5 nitrogen and oxygen atoms in total. The van der Waals surface area contributed by atoms with E-state index in [1.807, 2.05) is 18.2 Å². The molecule has 1 N–H and O–H groups in total. The molecule has 5 heteroatoms. The first-order valence-corrected chi connectivity index (χ1v) is 6.34. The molecule has 0 aliphatic carbocycles. The number of pyridine rings is 2. The third-order valence-corrected chi connectivity index (χ3v) is 2.79. The zero-order valence-electron chi connectivity index (χ0n) is 11.0. The maximum absolute atomic E-state index is 11.7. The third kappa shape index (κ3) is 4.28. The van der Waals surface area contributed by atoms with Gasteiger partial charge in [0.2, 0.25) is 5.78 Å². The highest BCUT2D eigenvalue weighted by molar-refractivity contribution is 6.36. The van der Waals surface area contributed by atoms with Crippen molar-refractivity contribution in [2.45, 2.75) is 19.4 Å². The van der Waals surface area contributed by atoms with Crippen LogP contribution in [0.3, 0.4) is 0 Å². The number of rotatable bonds is 6. The quantitative estimate of drug-likeness (QED) is 0.802.